The van der Waals surface area contributed by atoms with Crippen LogP contribution in [0.5, 0.6) is 17.2 Å². The Kier molecular flexibility index (Phi) is 8.80. The summed E-state index contributed by atoms with van der Waals surface area (Å²) in [5.74, 6) is 1.22. The Morgan fingerprint density at radius 1 is 1.21 bits per heavy atom. The van der Waals surface area contributed by atoms with Gasteiger partial charge in [-0.2, -0.15) is 4.98 Å². The van der Waals surface area contributed by atoms with Gasteiger partial charge in [-0.05, 0) is 50.7 Å². The predicted molar refractivity (Wildman–Crippen MR) is 141 cm³/mol. The predicted octanol–water partition coefficient (Wildman–Crippen LogP) is 4.78. The zero-order valence-corrected chi connectivity index (χ0v) is 21.7. The van der Waals surface area contributed by atoms with Crippen LogP contribution in [0.4, 0.5) is 26.6 Å². The Morgan fingerprint density at radius 3 is 2.76 bits per heavy atom. The number of hydrogen-bond acceptors (Lipinski definition) is 8. The molecule has 1 aliphatic heterocycles. The number of carbonyl (C=O) groups is 1. The molecule has 1 aromatic heterocycles. The minimum absolute atomic E-state index is 0.0381. The topological polar surface area (TPSA) is 109 Å². The molecule has 10 nitrogen and oxygen atoms in total. The van der Waals surface area contributed by atoms with Gasteiger partial charge in [0.2, 0.25) is 5.95 Å². The quantitative estimate of drug-likeness (QED) is 0.386. The minimum Gasteiger partial charge on any atom is -0.493 e. The Hall–Kier alpha value is -4.12. The van der Waals surface area contributed by atoms with Crippen LogP contribution in [-0.4, -0.2) is 67.0 Å². The lowest BCUT2D eigenvalue weighted by atomic mass is 10.00. The number of likely N-dealkylation sites (tertiary alicyclic amines) is 1. The van der Waals surface area contributed by atoms with Gasteiger partial charge in [0, 0.05) is 36.0 Å². The van der Waals surface area contributed by atoms with E-state index in [9.17, 15) is 14.3 Å². The molecule has 202 valence electrons. The fourth-order valence-electron chi connectivity index (χ4n) is 4.50. The first-order valence-electron chi connectivity index (χ1n) is 12.3. The molecule has 0 bridgehead atoms. The number of para-hydroxylation sites is 1. The number of nitrogens with zero attached hydrogens (tertiary/aromatic N) is 4. The molecule has 3 aromatic rings. The van der Waals surface area contributed by atoms with E-state index in [1.807, 2.05) is 0 Å². The summed E-state index contributed by atoms with van der Waals surface area (Å²) in [7, 11) is 5.08. The second kappa shape index (κ2) is 12.4. The number of methoxy groups -OCH3 is 2. The normalized spacial score (nSPS) is 15.5. The summed E-state index contributed by atoms with van der Waals surface area (Å²) >= 11 is 0. The number of anilines is 3. The molecule has 0 aliphatic carbocycles. The van der Waals surface area contributed by atoms with Gasteiger partial charge in [-0.3, -0.25) is 4.90 Å². The number of amides is 1. The van der Waals surface area contributed by atoms with Gasteiger partial charge in [0.1, 0.15) is 5.82 Å². The minimum atomic E-state index is -1.21. The lowest BCUT2D eigenvalue weighted by Crippen LogP contribution is -2.34. The van der Waals surface area contributed by atoms with E-state index in [1.54, 1.807) is 30.3 Å². The van der Waals surface area contributed by atoms with Crippen LogP contribution in [0.1, 0.15) is 18.4 Å². The number of carboxylic acid groups (broad SMARTS) is 1. The molecule has 1 atom stereocenters. The summed E-state index contributed by atoms with van der Waals surface area (Å²) in [6, 6.07) is 11.2. The van der Waals surface area contributed by atoms with Crippen molar-refractivity contribution in [1.82, 2.24) is 14.9 Å². The van der Waals surface area contributed by atoms with Crippen LogP contribution in [0.2, 0.25) is 0 Å². The lowest BCUT2D eigenvalue weighted by molar-refractivity contribution is 0.147. The average molecular weight is 526 g/mol. The lowest BCUT2D eigenvalue weighted by Gasteiger charge is -2.29. The Bertz CT molecular complexity index is 1260. The summed E-state index contributed by atoms with van der Waals surface area (Å²) in [5.41, 5.74) is 1.00. The number of benzene rings is 2. The van der Waals surface area contributed by atoms with E-state index in [2.05, 4.69) is 27.2 Å². The Labute approximate surface area is 221 Å². The molecule has 1 saturated heterocycles. The first-order valence-corrected chi connectivity index (χ1v) is 12.3. The third-order valence-corrected chi connectivity index (χ3v) is 6.35. The smallest absolute Gasteiger partial charge is 0.413 e. The van der Waals surface area contributed by atoms with Gasteiger partial charge in [0.15, 0.2) is 23.1 Å². The van der Waals surface area contributed by atoms with Crippen molar-refractivity contribution in [2.24, 2.45) is 5.92 Å². The standard InChI is InChI=1S/C27H32FN5O5/c1-32-13-5-6-18(15-32)17-38-22-10-9-20(14-21(22)28)30-26-29-12-11-24(31-26)33(27(34)35)16-19-7-4-8-23(36-2)25(19)37-3/h4,7-12,14,18H,5-6,13,15-17H2,1-3H3,(H,34,35)(H,29,30,31). The number of halogens is 1. The van der Waals surface area contributed by atoms with Crippen molar-refractivity contribution >= 4 is 23.5 Å². The van der Waals surface area contributed by atoms with Crippen LogP contribution in [0.15, 0.2) is 48.7 Å². The molecular weight excluding hydrogens is 493 g/mol. The SMILES string of the molecule is COc1cccc(CN(C(=O)O)c2ccnc(Nc3ccc(OCC4CCCN(C)C4)c(F)c3)n2)c1OC. The van der Waals surface area contributed by atoms with E-state index < -0.39 is 11.9 Å². The second-order valence-electron chi connectivity index (χ2n) is 9.11. The van der Waals surface area contributed by atoms with Crippen LogP contribution in [-0.2, 0) is 6.54 Å². The number of hydrogen-bond donors (Lipinski definition) is 2. The molecule has 38 heavy (non-hydrogen) atoms. The highest BCUT2D eigenvalue weighted by atomic mass is 19.1. The molecule has 1 aliphatic rings. The molecule has 1 unspecified atom stereocenters. The molecule has 11 heteroatoms. The molecule has 1 fully saturated rings. The zero-order chi connectivity index (χ0) is 27.1. The van der Waals surface area contributed by atoms with Crippen LogP contribution in [0.3, 0.4) is 0 Å². The van der Waals surface area contributed by atoms with Crippen LogP contribution in [0, 0.1) is 11.7 Å². The molecule has 4 rings (SSSR count). The molecule has 1 amide bonds. The fourth-order valence-corrected chi connectivity index (χ4v) is 4.50. The molecule has 2 aromatic carbocycles. The molecule has 2 heterocycles. The van der Waals surface area contributed by atoms with Gasteiger partial charge in [-0.15, -0.1) is 0 Å². The van der Waals surface area contributed by atoms with Crippen LogP contribution >= 0.6 is 0 Å². The molecule has 0 saturated carbocycles. The van der Waals surface area contributed by atoms with Gasteiger partial charge in [0.25, 0.3) is 0 Å². The fraction of sp³-hybridized carbons (Fsp3) is 0.370. The highest BCUT2D eigenvalue weighted by Gasteiger charge is 2.21. The van der Waals surface area contributed by atoms with E-state index in [0.717, 1.165) is 30.8 Å². The molecule has 0 radical (unpaired) electrons. The van der Waals surface area contributed by atoms with Gasteiger partial charge >= 0.3 is 6.09 Å². The van der Waals surface area contributed by atoms with Crippen molar-refractivity contribution in [1.29, 1.82) is 0 Å². The van der Waals surface area contributed by atoms with Crippen molar-refractivity contribution in [3.63, 3.8) is 0 Å². The maximum absolute atomic E-state index is 14.7. The Balaban J connectivity index is 1.46. The third kappa shape index (κ3) is 6.60. The number of nitrogens with one attached hydrogen (secondary N) is 1. The van der Waals surface area contributed by atoms with E-state index in [1.165, 1.54) is 32.5 Å². The number of piperidine rings is 1. The van der Waals surface area contributed by atoms with Gasteiger partial charge in [-0.1, -0.05) is 12.1 Å². The summed E-state index contributed by atoms with van der Waals surface area (Å²) < 4.78 is 31.2. The zero-order valence-electron chi connectivity index (χ0n) is 21.7. The van der Waals surface area contributed by atoms with Crippen molar-refractivity contribution in [3.8, 4) is 17.2 Å². The van der Waals surface area contributed by atoms with Crippen molar-refractivity contribution in [2.45, 2.75) is 19.4 Å². The van der Waals surface area contributed by atoms with Crippen molar-refractivity contribution in [3.05, 3.63) is 60.0 Å². The summed E-state index contributed by atoms with van der Waals surface area (Å²) in [6.45, 7) is 2.44. The van der Waals surface area contributed by atoms with E-state index in [4.69, 9.17) is 14.2 Å². The molecule has 2 N–H and O–H groups in total. The van der Waals surface area contributed by atoms with Gasteiger partial charge < -0.3 is 29.5 Å². The van der Waals surface area contributed by atoms with Crippen LogP contribution in [0.25, 0.3) is 0 Å². The highest BCUT2D eigenvalue weighted by molar-refractivity contribution is 5.85. The molecule has 0 spiro atoms. The van der Waals surface area contributed by atoms with Crippen molar-refractivity contribution in [2.75, 3.05) is 51.2 Å². The number of aromatic nitrogens is 2. The number of ether oxygens (including phenoxy) is 3. The molecular formula is C27H32FN5O5. The van der Waals surface area contributed by atoms with Crippen molar-refractivity contribution < 1.29 is 28.5 Å². The first-order chi connectivity index (χ1) is 18.4. The van der Waals surface area contributed by atoms with Gasteiger partial charge in [-0.25, -0.2) is 14.2 Å². The van der Waals surface area contributed by atoms with E-state index in [-0.39, 0.29) is 24.1 Å². The highest BCUT2D eigenvalue weighted by Crippen LogP contribution is 2.32. The second-order valence-corrected chi connectivity index (χ2v) is 9.11. The summed E-state index contributed by atoms with van der Waals surface area (Å²) in [4.78, 5) is 23.9. The third-order valence-electron chi connectivity index (χ3n) is 6.35. The summed E-state index contributed by atoms with van der Waals surface area (Å²) in [6.07, 6.45) is 2.40. The Morgan fingerprint density at radius 2 is 2.05 bits per heavy atom. The van der Waals surface area contributed by atoms with E-state index >= 15 is 0 Å². The maximum Gasteiger partial charge on any atom is 0.413 e. The maximum atomic E-state index is 14.7. The van der Waals surface area contributed by atoms with Gasteiger partial charge in [0.05, 0.1) is 27.4 Å². The monoisotopic (exact) mass is 525 g/mol. The average Bonchev–Trinajstić information content (AvgIpc) is 2.91. The number of rotatable bonds is 10. The van der Waals surface area contributed by atoms with E-state index in [0.29, 0.717) is 35.3 Å². The first kappa shape index (κ1) is 26.9. The summed E-state index contributed by atoms with van der Waals surface area (Å²) in [5, 5.41) is 12.8. The van der Waals surface area contributed by atoms with Crippen LogP contribution < -0.4 is 24.4 Å². The largest absolute Gasteiger partial charge is 0.493 e.